The number of hydrogen-bond donors (Lipinski definition) is 1. The minimum atomic E-state index is 0.165. The van der Waals surface area contributed by atoms with Gasteiger partial charge in [-0.2, -0.15) is 5.10 Å². The molecule has 0 aliphatic heterocycles. The minimum absolute atomic E-state index is 0.165. The van der Waals surface area contributed by atoms with Crippen molar-refractivity contribution in [3.8, 4) is 0 Å². The van der Waals surface area contributed by atoms with Gasteiger partial charge in [0.25, 0.3) is 0 Å². The van der Waals surface area contributed by atoms with Crippen molar-refractivity contribution in [1.29, 1.82) is 0 Å². The molecule has 0 saturated carbocycles. The Bertz CT molecular complexity index is 569. The van der Waals surface area contributed by atoms with E-state index in [4.69, 9.17) is 0 Å². The SMILES string of the molecule is CCNC(c1c(C)cccc1C)c1c(Br)cnn1CC. The first-order valence-electron chi connectivity index (χ1n) is 7.10. The summed E-state index contributed by atoms with van der Waals surface area (Å²) in [6, 6.07) is 6.63. The van der Waals surface area contributed by atoms with Gasteiger partial charge in [-0.25, -0.2) is 0 Å². The lowest BCUT2D eigenvalue weighted by atomic mass is 9.94. The molecule has 1 atom stereocenters. The molecule has 20 heavy (non-hydrogen) atoms. The van der Waals surface area contributed by atoms with Gasteiger partial charge in [0.15, 0.2) is 0 Å². The molecule has 0 amide bonds. The van der Waals surface area contributed by atoms with Crippen LogP contribution in [-0.4, -0.2) is 16.3 Å². The Morgan fingerprint density at radius 1 is 1.25 bits per heavy atom. The summed E-state index contributed by atoms with van der Waals surface area (Å²) in [6.45, 7) is 10.4. The Morgan fingerprint density at radius 3 is 2.45 bits per heavy atom. The zero-order valence-corrected chi connectivity index (χ0v) is 14.2. The van der Waals surface area contributed by atoms with E-state index in [9.17, 15) is 0 Å². The second kappa shape index (κ2) is 6.55. The molecule has 4 heteroatoms. The van der Waals surface area contributed by atoms with Gasteiger partial charge in [-0.15, -0.1) is 0 Å². The molecule has 0 spiro atoms. The van der Waals surface area contributed by atoms with E-state index >= 15 is 0 Å². The molecule has 3 nitrogen and oxygen atoms in total. The van der Waals surface area contributed by atoms with E-state index < -0.39 is 0 Å². The summed E-state index contributed by atoms with van der Waals surface area (Å²) >= 11 is 3.65. The number of aromatic nitrogens is 2. The van der Waals surface area contributed by atoms with Crippen LogP contribution in [0.5, 0.6) is 0 Å². The van der Waals surface area contributed by atoms with E-state index in [2.05, 4.69) is 76.9 Å². The summed E-state index contributed by atoms with van der Waals surface area (Å²) in [4.78, 5) is 0. The first-order chi connectivity index (χ1) is 9.60. The second-order valence-corrected chi connectivity index (χ2v) is 5.84. The Balaban J connectivity index is 2.59. The Hall–Kier alpha value is -1.13. The third-order valence-corrected chi connectivity index (χ3v) is 4.26. The third-order valence-electron chi connectivity index (χ3n) is 3.65. The maximum Gasteiger partial charge on any atom is 0.0764 e. The molecule has 1 heterocycles. The highest BCUT2D eigenvalue weighted by Crippen LogP contribution is 2.32. The maximum absolute atomic E-state index is 4.45. The van der Waals surface area contributed by atoms with Crippen molar-refractivity contribution in [3.05, 3.63) is 51.3 Å². The molecule has 0 saturated heterocycles. The lowest BCUT2D eigenvalue weighted by Crippen LogP contribution is -2.26. The molecule has 108 valence electrons. The monoisotopic (exact) mass is 335 g/mol. The molecule has 0 radical (unpaired) electrons. The second-order valence-electron chi connectivity index (χ2n) is 4.99. The first kappa shape index (κ1) is 15.3. The molecule has 0 aliphatic carbocycles. The van der Waals surface area contributed by atoms with E-state index in [0.29, 0.717) is 0 Å². The normalized spacial score (nSPS) is 12.7. The third kappa shape index (κ3) is 2.81. The molecule has 1 unspecified atom stereocenters. The van der Waals surface area contributed by atoms with Gasteiger partial charge in [0.2, 0.25) is 0 Å². The van der Waals surface area contributed by atoms with Crippen LogP contribution >= 0.6 is 15.9 Å². The summed E-state index contributed by atoms with van der Waals surface area (Å²) in [5.74, 6) is 0. The molecular weight excluding hydrogens is 314 g/mol. The summed E-state index contributed by atoms with van der Waals surface area (Å²) in [6.07, 6.45) is 1.89. The average molecular weight is 336 g/mol. The fourth-order valence-corrected chi connectivity index (χ4v) is 3.26. The van der Waals surface area contributed by atoms with Crippen molar-refractivity contribution >= 4 is 15.9 Å². The number of nitrogens with zero attached hydrogens (tertiary/aromatic N) is 2. The van der Waals surface area contributed by atoms with E-state index in [1.54, 1.807) is 0 Å². The van der Waals surface area contributed by atoms with Gasteiger partial charge in [0.05, 0.1) is 22.4 Å². The van der Waals surface area contributed by atoms with Crippen LogP contribution in [0.1, 0.15) is 42.3 Å². The molecule has 2 rings (SSSR count). The van der Waals surface area contributed by atoms with Crippen molar-refractivity contribution < 1.29 is 0 Å². The van der Waals surface area contributed by atoms with Gasteiger partial charge in [0, 0.05) is 6.54 Å². The summed E-state index contributed by atoms with van der Waals surface area (Å²) in [7, 11) is 0. The standard InChI is InChI=1S/C16H22BrN3/c1-5-18-15(14-11(3)8-7-9-12(14)4)16-13(17)10-19-20(16)6-2/h7-10,15,18H,5-6H2,1-4H3. The van der Waals surface area contributed by atoms with Crippen LogP contribution in [0, 0.1) is 13.8 Å². The van der Waals surface area contributed by atoms with E-state index in [1.807, 2.05) is 6.20 Å². The van der Waals surface area contributed by atoms with Gasteiger partial charge in [-0.05, 0) is 59.9 Å². The molecule has 1 aromatic heterocycles. The smallest absolute Gasteiger partial charge is 0.0764 e. The molecule has 2 aromatic rings. The summed E-state index contributed by atoms with van der Waals surface area (Å²) in [5.41, 5.74) is 5.18. The molecule has 1 N–H and O–H groups in total. The highest BCUT2D eigenvalue weighted by molar-refractivity contribution is 9.10. The quantitative estimate of drug-likeness (QED) is 0.895. The van der Waals surface area contributed by atoms with Crippen LogP contribution < -0.4 is 5.32 Å². The molecule has 0 bridgehead atoms. The van der Waals surface area contributed by atoms with Crippen molar-refractivity contribution in [3.63, 3.8) is 0 Å². The van der Waals surface area contributed by atoms with Crippen molar-refractivity contribution in [1.82, 2.24) is 15.1 Å². The van der Waals surface area contributed by atoms with Crippen LogP contribution in [0.4, 0.5) is 0 Å². The average Bonchev–Trinajstić information content (AvgIpc) is 2.78. The maximum atomic E-state index is 4.45. The zero-order valence-electron chi connectivity index (χ0n) is 12.6. The Morgan fingerprint density at radius 2 is 1.90 bits per heavy atom. The van der Waals surface area contributed by atoms with Gasteiger partial charge in [0.1, 0.15) is 0 Å². The number of nitrogens with one attached hydrogen (secondary N) is 1. The highest BCUT2D eigenvalue weighted by atomic mass is 79.9. The largest absolute Gasteiger partial charge is 0.305 e. The highest BCUT2D eigenvalue weighted by Gasteiger charge is 2.23. The zero-order chi connectivity index (χ0) is 14.7. The molecule has 0 aliphatic rings. The number of aryl methyl sites for hydroxylation is 3. The van der Waals surface area contributed by atoms with E-state index in [0.717, 1.165) is 17.6 Å². The van der Waals surface area contributed by atoms with Crippen LogP contribution in [0.3, 0.4) is 0 Å². The predicted molar refractivity (Wildman–Crippen MR) is 87.0 cm³/mol. The Labute approximate surface area is 129 Å². The van der Waals surface area contributed by atoms with Crippen LogP contribution in [0.25, 0.3) is 0 Å². The molecule has 0 fully saturated rings. The number of halogens is 1. The fourth-order valence-electron chi connectivity index (χ4n) is 2.73. The van der Waals surface area contributed by atoms with Crippen molar-refractivity contribution in [2.24, 2.45) is 0 Å². The number of rotatable bonds is 5. The number of benzene rings is 1. The lowest BCUT2D eigenvalue weighted by molar-refractivity contribution is 0.538. The van der Waals surface area contributed by atoms with Crippen LogP contribution in [0.15, 0.2) is 28.9 Å². The van der Waals surface area contributed by atoms with Crippen molar-refractivity contribution in [2.45, 2.75) is 40.3 Å². The minimum Gasteiger partial charge on any atom is -0.305 e. The lowest BCUT2D eigenvalue weighted by Gasteiger charge is -2.24. The van der Waals surface area contributed by atoms with Crippen molar-refractivity contribution in [2.75, 3.05) is 6.54 Å². The molecular formula is C16H22BrN3. The molecule has 1 aromatic carbocycles. The van der Waals surface area contributed by atoms with Gasteiger partial charge in [-0.3, -0.25) is 4.68 Å². The Kier molecular flexibility index (Phi) is 5.00. The first-order valence-corrected chi connectivity index (χ1v) is 7.90. The topological polar surface area (TPSA) is 29.9 Å². The van der Waals surface area contributed by atoms with Crippen LogP contribution in [-0.2, 0) is 6.54 Å². The van der Waals surface area contributed by atoms with Gasteiger partial charge in [-0.1, -0.05) is 25.1 Å². The van der Waals surface area contributed by atoms with E-state index in [-0.39, 0.29) is 6.04 Å². The van der Waals surface area contributed by atoms with E-state index in [1.165, 1.54) is 22.4 Å². The fraction of sp³-hybridized carbons (Fsp3) is 0.438. The predicted octanol–water partition coefficient (Wildman–Crippen LogP) is 3.98. The number of hydrogen-bond acceptors (Lipinski definition) is 2. The summed E-state index contributed by atoms with van der Waals surface area (Å²) in [5, 5.41) is 8.06. The summed E-state index contributed by atoms with van der Waals surface area (Å²) < 4.78 is 3.12. The van der Waals surface area contributed by atoms with Crippen LogP contribution in [0.2, 0.25) is 0 Å². The van der Waals surface area contributed by atoms with Gasteiger partial charge < -0.3 is 5.32 Å². The van der Waals surface area contributed by atoms with Gasteiger partial charge >= 0.3 is 0 Å².